The second-order valence-corrected chi connectivity index (χ2v) is 4.74. The smallest absolute Gasteiger partial charge is 0.0385 e. The van der Waals surface area contributed by atoms with E-state index in [9.17, 15) is 0 Å². The first-order valence-corrected chi connectivity index (χ1v) is 5.38. The van der Waals surface area contributed by atoms with Crippen LogP contribution in [0.1, 0.15) is 46.0 Å². The topological polar surface area (TPSA) is 12.4 Å². The number of aliphatic imine (C=N–C) groups is 1. The van der Waals surface area contributed by atoms with E-state index < -0.39 is 0 Å². The molecule has 0 N–H and O–H groups in total. The maximum atomic E-state index is 4.47. The lowest BCUT2D eigenvalue weighted by molar-refractivity contribution is 0.324. The van der Waals surface area contributed by atoms with Gasteiger partial charge < -0.3 is 0 Å². The summed E-state index contributed by atoms with van der Waals surface area (Å²) in [5.74, 6) is 0. The highest BCUT2D eigenvalue weighted by molar-refractivity contribution is 5.67. The van der Waals surface area contributed by atoms with Crippen molar-refractivity contribution in [2.24, 2.45) is 10.4 Å². The van der Waals surface area contributed by atoms with Gasteiger partial charge in [0.25, 0.3) is 0 Å². The molecule has 72 valence electrons. The van der Waals surface area contributed by atoms with Crippen molar-refractivity contribution in [1.29, 1.82) is 0 Å². The Morgan fingerprint density at radius 3 is 2.69 bits per heavy atom. The Kier molecular flexibility index (Phi) is 2.27. The Balaban J connectivity index is 2.19. The summed E-state index contributed by atoms with van der Waals surface area (Å²) in [6.45, 7) is 5.63. The SMILES string of the molecule is CC1=C(C)CC2(C=NCCC2)CC1. The fourth-order valence-corrected chi connectivity index (χ4v) is 2.59. The molecule has 0 radical (unpaired) electrons. The van der Waals surface area contributed by atoms with Gasteiger partial charge in [0.1, 0.15) is 0 Å². The first-order chi connectivity index (χ1) is 6.22. The molecule has 0 aromatic heterocycles. The second kappa shape index (κ2) is 3.28. The van der Waals surface area contributed by atoms with Crippen molar-refractivity contribution in [1.82, 2.24) is 0 Å². The molecule has 1 unspecified atom stereocenters. The van der Waals surface area contributed by atoms with E-state index in [1.807, 2.05) is 0 Å². The van der Waals surface area contributed by atoms with E-state index >= 15 is 0 Å². The molecule has 1 spiro atoms. The van der Waals surface area contributed by atoms with Gasteiger partial charge in [-0.3, -0.25) is 4.99 Å². The van der Waals surface area contributed by atoms with Crippen molar-refractivity contribution in [2.75, 3.05) is 6.54 Å². The van der Waals surface area contributed by atoms with Crippen molar-refractivity contribution in [2.45, 2.75) is 46.0 Å². The van der Waals surface area contributed by atoms with Crippen LogP contribution in [0.15, 0.2) is 16.1 Å². The average Bonchev–Trinajstić information content (AvgIpc) is 2.14. The van der Waals surface area contributed by atoms with Crippen molar-refractivity contribution >= 4 is 6.21 Å². The Morgan fingerprint density at radius 2 is 2.08 bits per heavy atom. The lowest BCUT2D eigenvalue weighted by Crippen LogP contribution is -2.29. The van der Waals surface area contributed by atoms with E-state index in [4.69, 9.17) is 0 Å². The molecule has 2 rings (SSSR count). The van der Waals surface area contributed by atoms with Crippen LogP contribution in [0.25, 0.3) is 0 Å². The molecule has 0 saturated heterocycles. The summed E-state index contributed by atoms with van der Waals surface area (Å²) in [4.78, 5) is 4.47. The molecule has 0 aromatic rings. The number of hydrogen-bond donors (Lipinski definition) is 0. The minimum absolute atomic E-state index is 0.460. The van der Waals surface area contributed by atoms with Crippen LogP contribution < -0.4 is 0 Å². The third-order valence-electron chi connectivity index (χ3n) is 3.67. The van der Waals surface area contributed by atoms with Crippen LogP contribution in [0.5, 0.6) is 0 Å². The summed E-state index contributed by atoms with van der Waals surface area (Å²) in [5, 5.41) is 0. The number of allylic oxidation sites excluding steroid dienone is 2. The van der Waals surface area contributed by atoms with E-state index in [2.05, 4.69) is 25.1 Å². The zero-order valence-electron chi connectivity index (χ0n) is 8.77. The third kappa shape index (κ3) is 1.70. The van der Waals surface area contributed by atoms with Gasteiger partial charge in [0.05, 0.1) is 0 Å². The van der Waals surface area contributed by atoms with Gasteiger partial charge in [-0.1, -0.05) is 11.1 Å². The molecule has 2 aliphatic rings. The molecule has 1 aliphatic carbocycles. The third-order valence-corrected chi connectivity index (χ3v) is 3.67. The highest BCUT2D eigenvalue weighted by Crippen LogP contribution is 2.42. The molecule has 1 heteroatoms. The predicted molar refractivity (Wildman–Crippen MR) is 57.3 cm³/mol. The van der Waals surface area contributed by atoms with Gasteiger partial charge in [-0.2, -0.15) is 0 Å². The Labute approximate surface area is 80.9 Å². The van der Waals surface area contributed by atoms with Crippen molar-refractivity contribution in [3.05, 3.63) is 11.1 Å². The lowest BCUT2D eigenvalue weighted by atomic mass is 9.69. The van der Waals surface area contributed by atoms with Crippen LogP contribution in [0.4, 0.5) is 0 Å². The Bertz CT molecular complexity index is 262. The standard InChI is InChI=1S/C12H19N/c1-10-4-6-12(8-11(10)2)5-3-7-13-9-12/h9H,3-8H2,1-2H3. The zero-order chi connectivity index (χ0) is 9.31. The molecular formula is C12H19N. The van der Waals surface area contributed by atoms with Crippen LogP contribution in [-0.2, 0) is 0 Å². The minimum atomic E-state index is 0.460. The molecular weight excluding hydrogens is 158 g/mol. The molecule has 1 atom stereocenters. The molecule has 1 heterocycles. The van der Waals surface area contributed by atoms with E-state index in [1.54, 1.807) is 11.1 Å². The number of rotatable bonds is 0. The Hall–Kier alpha value is -0.590. The summed E-state index contributed by atoms with van der Waals surface area (Å²) in [6, 6.07) is 0. The van der Waals surface area contributed by atoms with Gasteiger partial charge >= 0.3 is 0 Å². The summed E-state index contributed by atoms with van der Waals surface area (Å²) >= 11 is 0. The van der Waals surface area contributed by atoms with Crippen LogP contribution in [0.2, 0.25) is 0 Å². The van der Waals surface area contributed by atoms with Crippen LogP contribution >= 0.6 is 0 Å². The highest BCUT2D eigenvalue weighted by atomic mass is 14.7. The fraction of sp³-hybridized carbons (Fsp3) is 0.750. The van der Waals surface area contributed by atoms with E-state index in [1.165, 1.54) is 32.1 Å². The van der Waals surface area contributed by atoms with Gasteiger partial charge in [-0.15, -0.1) is 0 Å². The first-order valence-electron chi connectivity index (χ1n) is 5.38. The van der Waals surface area contributed by atoms with Gasteiger partial charge in [0, 0.05) is 18.2 Å². The lowest BCUT2D eigenvalue weighted by Gasteiger charge is -2.37. The quantitative estimate of drug-likeness (QED) is 0.503. The normalized spacial score (nSPS) is 34.3. The summed E-state index contributed by atoms with van der Waals surface area (Å²) in [5.41, 5.74) is 3.69. The molecule has 0 fully saturated rings. The van der Waals surface area contributed by atoms with Crippen LogP contribution in [0.3, 0.4) is 0 Å². The average molecular weight is 177 g/mol. The molecule has 0 amide bonds. The van der Waals surface area contributed by atoms with Crippen LogP contribution in [0, 0.1) is 5.41 Å². The molecule has 1 nitrogen and oxygen atoms in total. The van der Waals surface area contributed by atoms with Crippen molar-refractivity contribution in [3.8, 4) is 0 Å². The molecule has 0 aromatic carbocycles. The summed E-state index contributed by atoms with van der Waals surface area (Å²) < 4.78 is 0. The molecule has 1 aliphatic heterocycles. The van der Waals surface area contributed by atoms with Crippen molar-refractivity contribution in [3.63, 3.8) is 0 Å². The monoisotopic (exact) mass is 177 g/mol. The fourth-order valence-electron chi connectivity index (χ4n) is 2.59. The zero-order valence-corrected chi connectivity index (χ0v) is 8.77. The maximum absolute atomic E-state index is 4.47. The van der Waals surface area contributed by atoms with Gasteiger partial charge in [-0.25, -0.2) is 0 Å². The minimum Gasteiger partial charge on any atom is -0.297 e. The second-order valence-electron chi connectivity index (χ2n) is 4.74. The van der Waals surface area contributed by atoms with Crippen molar-refractivity contribution < 1.29 is 0 Å². The summed E-state index contributed by atoms with van der Waals surface area (Å²) in [7, 11) is 0. The predicted octanol–water partition coefficient (Wildman–Crippen LogP) is 3.36. The van der Waals surface area contributed by atoms with Gasteiger partial charge in [0.15, 0.2) is 0 Å². The molecule has 13 heavy (non-hydrogen) atoms. The van der Waals surface area contributed by atoms with Gasteiger partial charge in [0.2, 0.25) is 0 Å². The largest absolute Gasteiger partial charge is 0.297 e. The van der Waals surface area contributed by atoms with E-state index in [-0.39, 0.29) is 0 Å². The van der Waals surface area contributed by atoms with E-state index in [0.717, 1.165) is 6.54 Å². The Morgan fingerprint density at radius 1 is 1.23 bits per heavy atom. The van der Waals surface area contributed by atoms with E-state index in [0.29, 0.717) is 5.41 Å². The van der Waals surface area contributed by atoms with Crippen LogP contribution in [-0.4, -0.2) is 12.8 Å². The van der Waals surface area contributed by atoms with Gasteiger partial charge in [-0.05, 0) is 46.0 Å². The highest BCUT2D eigenvalue weighted by Gasteiger charge is 2.32. The molecule has 0 saturated carbocycles. The molecule has 0 bridgehead atoms. The number of hydrogen-bond acceptors (Lipinski definition) is 1. The maximum Gasteiger partial charge on any atom is 0.0385 e. The summed E-state index contributed by atoms with van der Waals surface area (Å²) in [6.07, 6.45) is 8.80. The first kappa shape index (κ1) is 8.98. The number of nitrogens with zero attached hydrogens (tertiary/aromatic N) is 1.